The molecule has 0 saturated heterocycles. The molecule has 0 fully saturated rings. The van der Waals surface area contributed by atoms with Crippen LogP contribution in [0, 0.1) is 19.8 Å². The van der Waals surface area contributed by atoms with E-state index >= 15 is 0 Å². The van der Waals surface area contributed by atoms with E-state index in [9.17, 15) is 19.5 Å². The molecule has 0 unspecified atom stereocenters. The van der Waals surface area contributed by atoms with Crippen LogP contribution in [-0.2, 0) is 6.42 Å². The lowest BCUT2D eigenvalue weighted by Gasteiger charge is -2.17. The molecule has 0 aliphatic carbocycles. The van der Waals surface area contributed by atoms with E-state index in [2.05, 4.69) is 10.6 Å². The maximum Gasteiger partial charge on any atom is 0.261 e. The van der Waals surface area contributed by atoms with Crippen molar-refractivity contribution in [3.8, 4) is 5.75 Å². The molecule has 3 rings (SSSR count). The summed E-state index contributed by atoms with van der Waals surface area (Å²) < 4.78 is 0. The Labute approximate surface area is 157 Å². The first-order valence-electron chi connectivity index (χ1n) is 8.82. The van der Waals surface area contributed by atoms with Crippen molar-refractivity contribution in [2.75, 3.05) is 5.32 Å². The first-order valence-corrected chi connectivity index (χ1v) is 8.82. The zero-order valence-electron chi connectivity index (χ0n) is 15.8. The van der Waals surface area contributed by atoms with Crippen LogP contribution in [0.2, 0.25) is 0 Å². The van der Waals surface area contributed by atoms with Crippen LogP contribution < -0.4 is 10.6 Å². The van der Waals surface area contributed by atoms with E-state index in [-0.39, 0.29) is 28.1 Å². The Balaban J connectivity index is 2.05. The molecule has 0 atom stereocenters. The third kappa shape index (κ3) is 3.30. The SMILES string of the molecule is Cc1cc(CC(C)C)c(C(=O)Nc2cccc3c2C(=O)NC3=O)c(O)c1C. The third-order valence-corrected chi connectivity index (χ3v) is 4.76. The van der Waals surface area contributed by atoms with Crippen molar-refractivity contribution < 1.29 is 19.5 Å². The van der Waals surface area contributed by atoms with Crippen LogP contribution in [-0.4, -0.2) is 22.8 Å². The van der Waals surface area contributed by atoms with E-state index in [0.717, 1.165) is 11.1 Å². The highest BCUT2D eigenvalue weighted by Gasteiger charge is 2.30. The average Bonchev–Trinajstić information content (AvgIpc) is 2.87. The number of aryl methyl sites for hydroxylation is 1. The molecule has 2 aromatic rings. The van der Waals surface area contributed by atoms with Crippen molar-refractivity contribution in [2.24, 2.45) is 5.92 Å². The van der Waals surface area contributed by atoms with Crippen LogP contribution >= 0.6 is 0 Å². The molecule has 0 radical (unpaired) electrons. The number of phenolic OH excluding ortho intramolecular Hbond substituents is 1. The number of hydrogen-bond donors (Lipinski definition) is 3. The highest BCUT2D eigenvalue weighted by Crippen LogP contribution is 2.32. The highest BCUT2D eigenvalue weighted by atomic mass is 16.3. The van der Waals surface area contributed by atoms with Gasteiger partial charge in [0, 0.05) is 0 Å². The number of carbonyl (C=O) groups is 3. The molecular formula is C21H22N2O4. The molecule has 0 saturated carbocycles. The average molecular weight is 366 g/mol. The molecule has 3 N–H and O–H groups in total. The quantitative estimate of drug-likeness (QED) is 0.723. The maximum atomic E-state index is 13.0. The monoisotopic (exact) mass is 366 g/mol. The predicted molar refractivity (Wildman–Crippen MR) is 102 cm³/mol. The number of rotatable bonds is 4. The van der Waals surface area contributed by atoms with Gasteiger partial charge in [-0.15, -0.1) is 0 Å². The van der Waals surface area contributed by atoms with E-state index < -0.39 is 17.7 Å². The molecule has 1 heterocycles. The topological polar surface area (TPSA) is 95.5 Å². The first-order chi connectivity index (χ1) is 12.7. The van der Waals surface area contributed by atoms with Gasteiger partial charge in [0.25, 0.3) is 17.7 Å². The van der Waals surface area contributed by atoms with Gasteiger partial charge in [0.1, 0.15) is 5.75 Å². The van der Waals surface area contributed by atoms with Crippen molar-refractivity contribution in [3.63, 3.8) is 0 Å². The van der Waals surface area contributed by atoms with Gasteiger partial charge in [0.05, 0.1) is 22.4 Å². The van der Waals surface area contributed by atoms with Gasteiger partial charge in [-0.2, -0.15) is 0 Å². The fourth-order valence-electron chi connectivity index (χ4n) is 3.33. The second kappa shape index (κ2) is 6.87. The van der Waals surface area contributed by atoms with Crippen molar-refractivity contribution >= 4 is 23.4 Å². The smallest absolute Gasteiger partial charge is 0.261 e. The van der Waals surface area contributed by atoms with Gasteiger partial charge in [-0.25, -0.2) is 0 Å². The lowest BCUT2D eigenvalue weighted by atomic mass is 9.92. The lowest BCUT2D eigenvalue weighted by molar-refractivity contribution is 0.0879. The molecule has 6 nitrogen and oxygen atoms in total. The van der Waals surface area contributed by atoms with Gasteiger partial charge in [-0.05, 0) is 55.0 Å². The summed E-state index contributed by atoms with van der Waals surface area (Å²) in [6.07, 6.45) is 0.628. The Hall–Kier alpha value is -3.15. The number of aromatic hydroxyl groups is 1. The summed E-state index contributed by atoms with van der Waals surface area (Å²) in [6, 6.07) is 6.61. The predicted octanol–water partition coefficient (Wildman–Crippen LogP) is 3.34. The largest absolute Gasteiger partial charge is 0.507 e. The molecule has 140 valence electrons. The number of phenols is 1. The molecule has 2 aromatic carbocycles. The first kappa shape index (κ1) is 18.6. The van der Waals surface area contributed by atoms with Crippen LogP contribution in [0.1, 0.15) is 61.6 Å². The van der Waals surface area contributed by atoms with E-state index in [4.69, 9.17) is 0 Å². The van der Waals surface area contributed by atoms with Crippen molar-refractivity contribution in [2.45, 2.75) is 34.1 Å². The van der Waals surface area contributed by atoms with E-state index in [0.29, 0.717) is 17.9 Å². The van der Waals surface area contributed by atoms with Crippen LogP contribution in [0.15, 0.2) is 24.3 Å². The Morgan fingerprint density at radius 2 is 1.89 bits per heavy atom. The highest BCUT2D eigenvalue weighted by molar-refractivity contribution is 6.25. The summed E-state index contributed by atoms with van der Waals surface area (Å²) in [5.41, 5.74) is 3.11. The van der Waals surface area contributed by atoms with Crippen molar-refractivity contribution in [3.05, 3.63) is 57.6 Å². The van der Waals surface area contributed by atoms with E-state index in [1.54, 1.807) is 19.1 Å². The van der Waals surface area contributed by atoms with Crippen LogP contribution in [0.4, 0.5) is 5.69 Å². The maximum absolute atomic E-state index is 13.0. The molecule has 0 spiro atoms. The van der Waals surface area contributed by atoms with Crippen molar-refractivity contribution in [1.29, 1.82) is 0 Å². The minimum absolute atomic E-state index is 0.0590. The summed E-state index contributed by atoms with van der Waals surface area (Å²) in [5, 5.41) is 15.5. The summed E-state index contributed by atoms with van der Waals surface area (Å²) in [4.78, 5) is 36.9. The minimum Gasteiger partial charge on any atom is -0.507 e. The Bertz CT molecular complexity index is 977. The van der Waals surface area contributed by atoms with Gasteiger partial charge in [-0.1, -0.05) is 26.0 Å². The molecule has 6 heteroatoms. The van der Waals surface area contributed by atoms with Crippen LogP contribution in [0.5, 0.6) is 5.75 Å². The fraction of sp³-hybridized carbons (Fsp3) is 0.286. The zero-order chi connectivity index (χ0) is 19.9. The summed E-state index contributed by atoms with van der Waals surface area (Å²) >= 11 is 0. The Morgan fingerprint density at radius 3 is 2.56 bits per heavy atom. The molecule has 1 aliphatic rings. The van der Waals surface area contributed by atoms with Crippen LogP contribution in [0.3, 0.4) is 0 Å². The van der Waals surface area contributed by atoms with E-state index in [1.165, 1.54) is 6.07 Å². The van der Waals surface area contributed by atoms with Crippen LogP contribution in [0.25, 0.3) is 0 Å². The molecular weight excluding hydrogens is 344 g/mol. The summed E-state index contributed by atoms with van der Waals surface area (Å²) in [6.45, 7) is 7.72. The third-order valence-electron chi connectivity index (χ3n) is 4.76. The molecule has 3 amide bonds. The normalized spacial score (nSPS) is 12.9. The van der Waals surface area contributed by atoms with Gasteiger partial charge < -0.3 is 10.4 Å². The summed E-state index contributed by atoms with van der Waals surface area (Å²) in [5.74, 6) is -1.30. The Kier molecular flexibility index (Phi) is 4.74. The molecule has 1 aliphatic heterocycles. The number of carbonyl (C=O) groups excluding carboxylic acids is 3. The standard InChI is InChI=1S/C21H22N2O4/c1-10(2)8-13-9-11(3)12(4)18(24)16(13)20(26)22-15-7-5-6-14-17(15)21(27)23-19(14)25/h5-7,9-10,24H,8H2,1-4H3,(H,22,26)(H,23,25,27). The van der Waals surface area contributed by atoms with Gasteiger partial charge >= 0.3 is 0 Å². The molecule has 0 aromatic heterocycles. The lowest BCUT2D eigenvalue weighted by Crippen LogP contribution is -2.21. The number of hydrogen-bond acceptors (Lipinski definition) is 4. The zero-order valence-corrected chi connectivity index (χ0v) is 15.8. The second-order valence-electron chi connectivity index (χ2n) is 7.26. The Morgan fingerprint density at radius 1 is 1.19 bits per heavy atom. The molecule has 0 bridgehead atoms. The number of nitrogens with one attached hydrogen (secondary N) is 2. The second-order valence-corrected chi connectivity index (χ2v) is 7.26. The summed E-state index contributed by atoms with van der Waals surface area (Å²) in [7, 11) is 0. The van der Waals surface area contributed by atoms with Gasteiger partial charge in [-0.3, -0.25) is 19.7 Å². The van der Waals surface area contributed by atoms with Crippen molar-refractivity contribution in [1.82, 2.24) is 5.32 Å². The number of anilines is 1. The van der Waals surface area contributed by atoms with Gasteiger partial charge in [0.2, 0.25) is 0 Å². The fourth-order valence-corrected chi connectivity index (χ4v) is 3.33. The number of amides is 3. The number of fused-ring (bicyclic) bond motifs is 1. The van der Waals surface area contributed by atoms with E-state index in [1.807, 2.05) is 26.8 Å². The molecule has 27 heavy (non-hydrogen) atoms. The minimum atomic E-state index is -0.544. The number of imide groups is 1. The number of benzene rings is 2. The van der Waals surface area contributed by atoms with Gasteiger partial charge in [0.15, 0.2) is 0 Å².